The molecule has 0 amide bonds. The number of aromatic nitrogens is 3. The molecule has 2 aromatic heterocycles. The molecule has 6 heteroatoms. The summed E-state index contributed by atoms with van der Waals surface area (Å²) >= 11 is -1.83. The van der Waals surface area contributed by atoms with Crippen LogP contribution in [0, 0.1) is 17.9 Å². The van der Waals surface area contributed by atoms with Gasteiger partial charge in [-0.05, 0) is 69.5 Å². The maximum atomic E-state index is 12.8. The van der Waals surface area contributed by atoms with Gasteiger partial charge in [0.1, 0.15) is 0 Å². The number of imidazole rings is 1. The minimum Gasteiger partial charge on any atom is 0 e. The van der Waals surface area contributed by atoms with E-state index in [4.69, 9.17) is 4.98 Å². The summed E-state index contributed by atoms with van der Waals surface area (Å²) in [5.74, 6) is 8.35. The Morgan fingerprint density at radius 2 is 1.23 bits per heavy atom. The van der Waals surface area contributed by atoms with E-state index in [-0.39, 0.29) is 25.9 Å². The predicted octanol–water partition coefficient (Wildman–Crippen LogP) is 13.3. The van der Waals surface area contributed by atoms with E-state index in [9.17, 15) is 4.39 Å². The van der Waals surface area contributed by atoms with E-state index in [2.05, 4.69) is 182 Å². The van der Waals surface area contributed by atoms with E-state index in [1.165, 1.54) is 55.6 Å². The number of hydrogen-bond donors (Lipinski definition) is 0. The van der Waals surface area contributed by atoms with E-state index in [1.807, 2.05) is 18.3 Å². The van der Waals surface area contributed by atoms with Crippen LogP contribution in [-0.2, 0) is 20.1 Å². The first-order valence-corrected chi connectivity index (χ1v) is 26.7. The standard InChI is InChI=1S/C37H33N2.C14H15FGeN.Ir/c1-25(2)32-23-31(29-21-19-28(20-22-29)27-13-7-5-8-14-27)24-33(26(3)4)36(32)39-35-18-12-11-17-34(35)38-37(39)30-15-9-6-10-16-30;1-16(2,3)13-8-9-17-14(10-13)11-4-6-12(15)7-5-11;/h5-15,17-26H,1-4H3;4,6-10H,1-3H3;/q2*-1;. The largest absolute Gasteiger partial charge is 0 e. The first-order chi connectivity index (χ1) is 27.0. The van der Waals surface area contributed by atoms with Gasteiger partial charge in [-0.15, -0.1) is 35.9 Å². The Morgan fingerprint density at radius 3 is 1.82 bits per heavy atom. The molecule has 6 aromatic carbocycles. The molecule has 0 aliphatic carbocycles. The van der Waals surface area contributed by atoms with E-state index in [1.54, 1.807) is 6.07 Å². The molecule has 8 aromatic rings. The predicted molar refractivity (Wildman–Crippen MR) is 236 cm³/mol. The van der Waals surface area contributed by atoms with E-state index in [0.29, 0.717) is 11.8 Å². The molecule has 0 atom stereocenters. The molecule has 1 radical (unpaired) electrons. The molecule has 0 fully saturated rings. The van der Waals surface area contributed by atoms with Gasteiger partial charge in [0.15, 0.2) is 0 Å². The second kappa shape index (κ2) is 18.1. The number of para-hydroxylation sites is 2. The van der Waals surface area contributed by atoms with Gasteiger partial charge in [-0.25, -0.2) is 0 Å². The summed E-state index contributed by atoms with van der Waals surface area (Å²) in [5, 5.41) is 0. The third kappa shape index (κ3) is 9.45. The van der Waals surface area contributed by atoms with Crippen molar-refractivity contribution in [2.45, 2.75) is 56.8 Å². The van der Waals surface area contributed by atoms with Gasteiger partial charge in [-0.1, -0.05) is 94.4 Å². The molecule has 0 aliphatic heterocycles. The Balaban J connectivity index is 0.000000256. The summed E-state index contributed by atoms with van der Waals surface area (Å²) in [6.07, 6.45) is 1.83. The van der Waals surface area contributed by atoms with Crippen molar-refractivity contribution in [1.82, 2.24) is 14.5 Å². The number of benzene rings is 6. The quantitative estimate of drug-likeness (QED) is 0.112. The van der Waals surface area contributed by atoms with Gasteiger partial charge < -0.3 is 4.57 Å². The zero-order chi connectivity index (χ0) is 39.4. The normalized spacial score (nSPS) is 11.3. The zero-order valence-corrected chi connectivity index (χ0v) is 38.1. The summed E-state index contributed by atoms with van der Waals surface area (Å²) in [6, 6.07) is 55.9. The van der Waals surface area contributed by atoms with Gasteiger partial charge in [-0.2, -0.15) is 0 Å². The van der Waals surface area contributed by atoms with E-state index in [0.717, 1.165) is 33.7 Å². The Kier molecular flexibility index (Phi) is 13.2. The number of rotatable bonds is 8. The molecule has 289 valence electrons. The monoisotopic (exact) mass is 988 g/mol. The molecule has 0 bridgehead atoms. The van der Waals surface area contributed by atoms with E-state index >= 15 is 0 Å². The smallest absolute Gasteiger partial charge is 0 e. The molecule has 0 saturated carbocycles. The van der Waals surface area contributed by atoms with Gasteiger partial charge in [-0.3, -0.25) is 4.98 Å². The molecule has 3 nitrogen and oxygen atoms in total. The van der Waals surface area contributed by atoms with Crippen molar-refractivity contribution in [2.24, 2.45) is 0 Å². The molecule has 57 heavy (non-hydrogen) atoms. The van der Waals surface area contributed by atoms with Crippen molar-refractivity contribution >= 4 is 28.7 Å². The van der Waals surface area contributed by atoms with Crippen LogP contribution in [0.5, 0.6) is 0 Å². The minimum absolute atomic E-state index is 0. The van der Waals surface area contributed by atoms with Gasteiger partial charge in [0.2, 0.25) is 0 Å². The average molecular weight is 987 g/mol. The number of fused-ring (bicyclic) bond motifs is 1. The first kappa shape index (κ1) is 41.7. The van der Waals surface area contributed by atoms with Gasteiger partial charge in [0.25, 0.3) is 0 Å². The van der Waals surface area contributed by atoms with Crippen LogP contribution in [0.1, 0.15) is 50.7 Å². The second-order valence-electron chi connectivity index (χ2n) is 15.9. The van der Waals surface area contributed by atoms with Crippen molar-refractivity contribution in [1.29, 1.82) is 0 Å². The molecule has 8 rings (SSSR count). The SMILES string of the molecule is CC(C)c1cc(-c2ccc(-c3ccccc3)cc2)cc(C(C)C)c1-n1c(-c2[c-]cccc2)nc2ccccc21.[CH3][Ge]([CH3])([CH3])[c]1ccnc(-c2[c-]cc(F)cc2)c1.[Ir]. The van der Waals surface area contributed by atoms with Crippen molar-refractivity contribution in [3.8, 4) is 50.6 Å². The van der Waals surface area contributed by atoms with Crippen LogP contribution in [0.4, 0.5) is 4.39 Å². The van der Waals surface area contributed by atoms with Gasteiger partial charge in [0.05, 0.1) is 16.9 Å². The van der Waals surface area contributed by atoms with Gasteiger partial charge >= 0.3 is 104 Å². The summed E-state index contributed by atoms with van der Waals surface area (Å²) in [7, 11) is 0. The van der Waals surface area contributed by atoms with Crippen LogP contribution in [0.3, 0.4) is 0 Å². The van der Waals surface area contributed by atoms with Crippen molar-refractivity contribution in [3.63, 3.8) is 0 Å². The summed E-state index contributed by atoms with van der Waals surface area (Å²) in [4.78, 5) is 9.44. The Bertz CT molecular complexity index is 2530. The molecule has 0 saturated heterocycles. The molecule has 0 unspecified atom stereocenters. The van der Waals surface area contributed by atoms with Gasteiger partial charge in [0, 0.05) is 25.8 Å². The topological polar surface area (TPSA) is 30.7 Å². The molecule has 0 spiro atoms. The summed E-state index contributed by atoms with van der Waals surface area (Å²) < 4.78 is 16.6. The first-order valence-electron chi connectivity index (χ1n) is 19.4. The molecule has 0 N–H and O–H groups in total. The Morgan fingerprint density at radius 1 is 0.614 bits per heavy atom. The number of pyridine rings is 1. The van der Waals surface area contributed by atoms with Crippen LogP contribution in [0.25, 0.3) is 61.6 Å². The van der Waals surface area contributed by atoms with E-state index < -0.39 is 13.3 Å². The minimum atomic E-state index is -1.83. The molecule has 2 heterocycles. The zero-order valence-electron chi connectivity index (χ0n) is 33.6. The maximum Gasteiger partial charge on any atom is 0 e. The fourth-order valence-electron chi connectivity index (χ4n) is 7.05. The number of halogens is 1. The Hall–Kier alpha value is -4.94. The average Bonchev–Trinajstić information content (AvgIpc) is 3.61. The molecular weight excluding hydrogens is 938 g/mol. The maximum absolute atomic E-state index is 12.8. The van der Waals surface area contributed by atoms with Crippen molar-refractivity contribution < 1.29 is 24.5 Å². The van der Waals surface area contributed by atoms with Crippen LogP contribution >= 0.6 is 0 Å². The fraction of sp³-hybridized carbons (Fsp3) is 0.176. The molecule has 0 aliphatic rings. The molecular formula is C51H48FGeIrN3-2. The third-order valence-electron chi connectivity index (χ3n) is 10.1. The third-order valence-corrected chi connectivity index (χ3v) is 14.4. The van der Waals surface area contributed by atoms with Crippen LogP contribution in [0.2, 0.25) is 17.3 Å². The fourth-order valence-corrected chi connectivity index (χ4v) is 9.45. The summed E-state index contributed by atoms with van der Waals surface area (Å²) in [5.41, 5.74) is 13.7. The number of hydrogen-bond acceptors (Lipinski definition) is 2. The van der Waals surface area contributed by atoms with Crippen molar-refractivity contribution in [2.75, 3.05) is 0 Å². The Labute approximate surface area is 353 Å². The van der Waals surface area contributed by atoms with Crippen LogP contribution < -0.4 is 4.40 Å². The van der Waals surface area contributed by atoms with Crippen molar-refractivity contribution in [3.05, 3.63) is 181 Å². The van der Waals surface area contributed by atoms with Crippen LogP contribution in [-0.4, -0.2) is 27.8 Å². The number of nitrogens with zero attached hydrogens (tertiary/aromatic N) is 3. The van der Waals surface area contributed by atoms with Crippen LogP contribution in [0.15, 0.2) is 152 Å². The second-order valence-corrected chi connectivity index (χ2v) is 26.5. The summed E-state index contributed by atoms with van der Waals surface area (Å²) in [6.45, 7) is 9.16.